The first-order valence-corrected chi connectivity index (χ1v) is 6.75. The van der Waals surface area contributed by atoms with Crippen molar-refractivity contribution >= 4 is 27.6 Å². The van der Waals surface area contributed by atoms with Crippen molar-refractivity contribution in [2.45, 2.75) is 24.6 Å². The van der Waals surface area contributed by atoms with Crippen molar-refractivity contribution in [2.75, 3.05) is 12.3 Å². The molecule has 0 aliphatic carbocycles. The molecule has 1 aliphatic heterocycles. The number of hydrogen-bond donors (Lipinski definition) is 4. The second kappa shape index (κ2) is 4.87. The second-order valence-corrected chi connectivity index (χ2v) is 5.49. The molecular formula is C10H11FN4O5S. The van der Waals surface area contributed by atoms with Crippen LogP contribution in [0.25, 0.3) is 10.3 Å². The Kier molecular flexibility index (Phi) is 3.28. The highest BCUT2D eigenvalue weighted by Crippen LogP contribution is 2.32. The average molecular weight is 318 g/mol. The number of ether oxygens (including phenoxy) is 1. The van der Waals surface area contributed by atoms with Gasteiger partial charge in [-0.25, -0.2) is 4.39 Å². The van der Waals surface area contributed by atoms with Gasteiger partial charge in [-0.15, -0.1) is 0 Å². The van der Waals surface area contributed by atoms with Crippen molar-refractivity contribution in [2.24, 2.45) is 0 Å². The number of halogens is 1. The van der Waals surface area contributed by atoms with Crippen LogP contribution in [0, 0.1) is 0 Å². The summed E-state index contributed by atoms with van der Waals surface area (Å²) < 4.78 is 20.1. The summed E-state index contributed by atoms with van der Waals surface area (Å²) in [7, 11) is 0. The molecule has 0 spiro atoms. The zero-order valence-electron chi connectivity index (χ0n) is 10.4. The fourth-order valence-electron chi connectivity index (χ4n) is 2.23. The maximum atomic E-state index is 14.1. The summed E-state index contributed by atoms with van der Waals surface area (Å²) in [4.78, 5) is 29.1. The number of H-pyrrole nitrogens is 1. The van der Waals surface area contributed by atoms with E-state index in [0.717, 1.165) is 4.57 Å². The summed E-state index contributed by atoms with van der Waals surface area (Å²) in [5, 5.41) is 18.6. The molecule has 0 amide bonds. The van der Waals surface area contributed by atoms with E-state index in [1.54, 1.807) is 0 Å². The van der Waals surface area contributed by atoms with E-state index in [1.165, 1.54) is 0 Å². The van der Waals surface area contributed by atoms with E-state index in [2.05, 4.69) is 9.97 Å². The molecule has 114 valence electrons. The van der Waals surface area contributed by atoms with E-state index < -0.39 is 41.6 Å². The lowest BCUT2D eigenvalue weighted by Crippen LogP contribution is -2.31. The lowest BCUT2D eigenvalue weighted by molar-refractivity contribution is -0.0465. The molecule has 21 heavy (non-hydrogen) atoms. The molecule has 0 radical (unpaired) electrons. The molecule has 2 aromatic heterocycles. The van der Waals surface area contributed by atoms with Crippen LogP contribution >= 0.6 is 11.3 Å². The van der Waals surface area contributed by atoms with Crippen LogP contribution in [-0.2, 0) is 4.74 Å². The van der Waals surface area contributed by atoms with Crippen molar-refractivity contribution in [3.63, 3.8) is 0 Å². The molecule has 5 N–H and O–H groups in total. The van der Waals surface area contributed by atoms with Gasteiger partial charge >= 0.3 is 4.87 Å². The van der Waals surface area contributed by atoms with Crippen LogP contribution in [0.15, 0.2) is 9.59 Å². The Morgan fingerprint density at radius 3 is 2.86 bits per heavy atom. The lowest BCUT2D eigenvalue weighted by Gasteiger charge is -2.14. The summed E-state index contributed by atoms with van der Waals surface area (Å²) in [6.07, 6.45) is -6.17. The van der Waals surface area contributed by atoms with Crippen molar-refractivity contribution in [3.05, 3.63) is 20.0 Å². The number of rotatable bonds is 2. The molecule has 2 aromatic rings. The van der Waals surface area contributed by atoms with Crippen LogP contribution in [0.5, 0.6) is 0 Å². The molecule has 9 nitrogen and oxygen atoms in total. The molecule has 1 saturated heterocycles. The number of alkyl halides is 1. The zero-order chi connectivity index (χ0) is 15.3. The van der Waals surface area contributed by atoms with E-state index in [4.69, 9.17) is 15.6 Å². The Hall–Kier alpha value is -1.82. The Bertz CT molecular complexity index is 801. The maximum Gasteiger partial charge on any atom is 0.311 e. The van der Waals surface area contributed by atoms with Gasteiger partial charge in [-0.05, 0) is 0 Å². The molecular weight excluding hydrogens is 307 g/mol. The number of aliphatic hydroxyl groups is 2. The topological polar surface area (TPSA) is 143 Å². The predicted molar refractivity (Wildman–Crippen MR) is 70.8 cm³/mol. The van der Waals surface area contributed by atoms with Gasteiger partial charge in [-0.3, -0.25) is 19.1 Å². The average Bonchev–Trinajstić information content (AvgIpc) is 2.89. The van der Waals surface area contributed by atoms with Crippen LogP contribution in [-0.4, -0.2) is 49.7 Å². The van der Waals surface area contributed by atoms with Crippen LogP contribution in [0.4, 0.5) is 10.3 Å². The Labute approximate surface area is 119 Å². The molecule has 1 fully saturated rings. The molecule has 1 aliphatic rings. The highest BCUT2D eigenvalue weighted by atomic mass is 32.1. The van der Waals surface area contributed by atoms with E-state index in [0.29, 0.717) is 11.3 Å². The van der Waals surface area contributed by atoms with Gasteiger partial charge in [0.15, 0.2) is 18.0 Å². The van der Waals surface area contributed by atoms with Crippen molar-refractivity contribution in [1.29, 1.82) is 0 Å². The number of nitrogens with zero attached hydrogens (tertiary/aromatic N) is 2. The number of nitrogen functional groups attached to an aromatic ring is 1. The van der Waals surface area contributed by atoms with Crippen LogP contribution in [0.3, 0.4) is 0 Å². The Morgan fingerprint density at radius 2 is 2.24 bits per heavy atom. The summed E-state index contributed by atoms with van der Waals surface area (Å²) >= 11 is 0.568. The monoisotopic (exact) mass is 318 g/mol. The standard InChI is InChI=1S/C10H11FN4O5S/c11-3-4(17)2(1-16)20-8(3)15-6-5(21-10(15)19)7(18)14-9(12)13-6/h2-4,8,16-17H,1H2,(H3,12,13,14,18)/t2-,3-,4-,8-/m1/s1. The van der Waals surface area contributed by atoms with Gasteiger partial charge in [0.1, 0.15) is 16.9 Å². The third-order valence-corrected chi connectivity index (χ3v) is 4.16. The first-order chi connectivity index (χ1) is 9.93. The largest absolute Gasteiger partial charge is 0.394 e. The predicted octanol–water partition coefficient (Wildman–Crippen LogP) is -1.68. The Morgan fingerprint density at radius 1 is 1.52 bits per heavy atom. The highest BCUT2D eigenvalue weighted by molar-refractivity contribution is 7.16. The summed E-state index contributed by atoms with van der Waals surface area (Å²) in [6, 6.07) is 0. The van der Waals surface area contributed by atoms with Crippen molar-refractivity contribution < 1.29 is 19.3 Å². The first-order valence-electron chi connectivity index (χ1n) is 5.93. The van der Waals surface area contributed by atoms with Crippen LogP contribution < -0.4 is 16.2 Å². The molecule has 11 heteroatoms. The highest BCUT2D eigenvalue weighted by Gasteiger charge is 2.46. The number of hydrogen-bond acceptors (Lipinski definition) is 8. The minimum atomic E-state index is -1.94. The minimum absolute atomic E-state index is 0.0214. The SMILES string of the molecule is Nc1nc2c(sc(=O)n2[C@@H]2O[C@H](CO)[C@@H](O)[C@H]2F)c(=O)[nH]1. The summed E-state index contributed by atoms with van der Waals surface area (Å²) in [6.45, 7) is -0.606. The van der Waals surface area contributed by atoms with Gasteiger partial charge in [0.2, 0.25) is 5.95 Å². The zero-order valence-corrected chi connectivity index (χ0v) is 11.2. The van der Waals surface area contributed by atoms with Gasteiger partial charge in [0.25, 0.3) is 5.56 Å². The number of fused-ring (bicyclic) bond motifs is 1. The molecule has 0 saturated carbocycles. The van der Waals surface area contributed by atoms with Gasteiger partial charge < -0.3 is 20.7 Å². The molecule has 4 atom stereocenters. The van der Waals surface area contributed by atoms with Crippen LogP contribution in [0.2, 0.25) is 0 Å². The fraction of sp³-hybridized carbons (Fsp3) is 0.500. The van der Waals surface area contributed by atoms with Crippen molar-refractivity contribution in [3.8, 4) is 0 Å². The first kappa shape index (κ1) is 14.1. The second-order valence-electron chi connectivity index (χ2n) is 4.52. The lowest BCUT2D eigenvalue weighted by atomic mass is 10.1. The minimum Gasteiger partial charge on any atom is -0.394 e. The summed E-state index contributed by atoms with van der Waals surface area (Å²) in [5.74, 6) is -0.230. The number of aromatic nitrogens is 3. The third kappa shape index (κ3) is 2.05. The molecule has 3 heterocycles. The smallest absolute Gasteiger partial charge is 0.311 e. The van der Waals surface area contributed by atoms with E-state index in [1.807, 2.05) is 0 Å². The number of thiazole rings is 1. The van der Waals surface area contributed by atoms with E-state index >= 15 is 0 Å². The van der Waals surface area contributed by atoms with Gasteiger partial charge in [-0.1, -0.05) is 11.3 Å². The molecule has 0 aromatic carbocycles. The number of aliphatic hydroxyl groups excluding tert-OH is 2. The van der Waals surface area contributed by atoms with Crippen molar-refractivity contribution in [1.82, 2.24) is 14.5 Å². The number of anilines is 1. The van der Waals surface area contributed by atoms with Crippen LogP contribution in [0.1, 0.15) is 6.23 Å². The van der Waals surface area contributed by atoms with Gasteiger partial charge in [-0.2, -0.15) is 4.98 Å². The molecule has 0 unspecified atom stereocenters. The quantitative estimate of drug-likeness (QED) is 0.517. The van der Waals surface area contributed by atoms with E-state index in [-0.39, 0.29) is 16.3 Å². The van der Waals surface area contributed by atoms with Gasteiger partial charge in [0, 0.05) is 0 Å². The summed E-state index contributed by atoms with van der Waals surface area (Å²) in [5.41, 5.74) is 4.68. The number of nitrogens with two attached hydrogens (primary N) is 1. The Balaban J connectivity index is 2.20. The number of aromatic amines is 1. The maximum absolute atomic E-state index is 14.1. The fourth-order valence-corrected chi connectivity index (χ4v) is 3.08. The molecule has 0 bridgehead atoms. The van der Waals surface area contributed by atoms with Gasteiger partial charge in [0.05, 0.1) is 6.61 Å². The van der Waals surface area contributed by atoms with E-state index in [9.17, 15) is 19.1 Å². The third-order valence-electron chi connectivity index (χ3n) is 3.22. The molecule has 3 rings (SSSR count). The normalized spacial score (nSPS) is 29.3. The number of nitrogens with one attached hydrogen (secondary N) is 1.